The van der Waals surface area contributed by atoms with E-state index in [1.165, 1.54) is 89.9 Å². The number of hydrogen-bond donors (Lipinski definition) is 2. The maximum Gasteiger partial charge on any atom is 0.0796 e. The molecular formula is C20H42O2. The summed E-state index contributed by atoms with van der Waals surface area (Å²) in [6.07, 6.45) is 20.1. The van der Waals surface area contributed by atoms with Crippen LogP contribution in [-0.2, 0) is 0 Å². The van der Waals surface area contributed by atoms with Gasteiger partial charge in [-0.1, -0.05) is 103 Å². The zero-order valence-electron chi connectivity index (χ0n) is 15.4. The molecule has 0 radical (unpaired) electrons. The zero-order valence-corrected chi connectivity index (χ0v) is 15.4. The number of hydrogen-bond acceptors (Lipinski definition) is 2. The molecule has 2 atom stereocenters. The van der Waals surface area contributed by atoms with Gasteiger partial charge in [0.05, 0.1) is 12.2 Å². The predicted octanol–water partition coefficient (Wildman–Crippen LogP) is 5.99. The van der Waals surface area contributed by atoms with Crippen LogP contribution < -0.4 is 0 Å². The monoisotopic (exact) mass is 314 g/mol. The summed E-state index contributed by atoms with van der Waals surface area (Å²) in [6.45, 7) is 3.94. The summed E-state index contributed by atoms with van der Waals surface area (Å²) in [4.78, 5) is 0. The minimum absolute atomic E-state index is 0.526. The Balaban J connectivity index is 3.03. The molecule has 0 bridgehead atoms. The van der Waals surface area contributed by atoms with Gasteiger partial charge in [-0.05, 0) is 13.3 Å². The molecule has 2 N–H and O–H groups in total. The van der Waals surface area contributed by atoms with E-state index in [1.54, 1.807) is 6.92 Å². The van der Waals surface area contributed by atoms with Crippen LogP contribution in [0.25, 0.3) is 0 Å². The Kier molecular flexibility index (Phi) is 17.2. The van der Waals surface area contributed by atoms with E-state index < -0.39 is 12.2 Å². The van der Waals surface area contributed by atoms with Gasteiger partial charge < -0.3 is 10.2 Å². The molecule has 0 aromatic carbocycles. The zero-order chi connectivity index (χ0) is 16.5. The van der Waals surface area contributed by atoms with Crippen molar-refractivity contribution in [2.45, 2.75) is 129 Å². The Hall–Kier alpha value is -0.0800. The average molecular weight is 315 g/mol. The van der Waals surface area contributed by atoms with Crippen LogP contribution >= 0.6 is 0 Å². The normalized spacial score (nSPS) is 14.2. The van der Waals surface area contributed by atoms with Gasteiger partial charge in [0.1, 0.15) is 0 Å². The lowest BCUT2D eigenvalue weighted by Gasteiger charge is -2.12. The number of aliphatic hydroxyl groups is 2. The molecule has 0 heterocycles. The van der Waals surface area contributed by atoms with Crippen molar-refractivity contribution in [2.24, 2.45) is 0 Å². The average Bonchev–Trinajstić information content (AvgIpc) is 2.50. The Labute approximate surface area is 139 Å². The van der Waals surface area contributed by atoms with Gasteiger partial charge in [0.15, 0.2) is 0 Å². The lowest BCUT2D eigenvalue weighted by molar-refractivity contribution is 0.0247. The molecule has 2 heteroatoms. The SMILES string of the molecule is CCCCCCCCCCCCCCCCCC(O)C(C)O. The van der Waals surface area contributed by atoms with Crippen LogP contribution in [0.5, 0.6) is 0 Å². The van der Waals surface area contributed by atoms with Crippen LogP contribution in [0.1, 0.15) is 117 Å². The van der Waals surface area contributed by atoms with E-state index in [2.05, 4.69) is 6.92 Å². The number of unbranched alkanes of at least 4 members (excludes halogenated alkanes) is 14. The Bertz CT molecular complexity index is 204. The second kappa shape index (κ2) is 17.3. The maximum atomic E-state index is 9.48. The van der Waals surface area contributed by atoms with E-state index in [0.717, 1.165) is 12.8 Å². The highest BCUT2D eigenvalue weighted by atomic mass is 16.3. The van der Waals surface area contributed by atoms with Gasteiger partial charge in [0.25, 0.3) is 0 Å². The lowest BCUT2D eigenvalue weighted by atomic mass is 10.0. The topological polar surface area (TPSA) is 40.5 Å². The van der Waals surface area contributed by atoms with Crippen LogP contribution in [0.15, 0.2) is 0 Å². The molecule has 0 aromatic rings. The third-order valence-electron chi connectivity index (χ3n) is 4.66. The quantitative estimate of drug-likeness (QED) is 0.324. The fourth-order valence-corrected chi connectivity index (χ4v) is 2.97. The molecule has 0 amide bonds. The largest absolute Gasteiger partial charge is 0.391 e. The fraction of sp³-hybridized carbons (Fsp3) is 1.00. The highest BCUT2D eigenvalue weighted by molar-refractivity contribution is 4.61. The molecule has 0 spiro atoms. The Morgan fingerprint density at radius 1 is 0.545 bits per heavy atom. The summed E-state index contributed by atoms with van der Waals surface area (Å²) in [7, 11) is 0. The third-order valence-corrected chi connectivity index (χ3v) is 4.66. The van der Waals surface area contributed by atoms with Crippen LogP contribution in [-0.4, -0.2) is 22.4 Å². The van der Waals surface area contributed by atoms with Gasteiger partial charge in [-0.3, -0.25) is 0 Å². The molecule has 0 rings (SSSR count). The van der Waals surface area contributed by atoms with Crippen molar-refractivity contribution in [1.82, 2.24) is 0 Å². The minimum atomic E-state index is -0.577. The van der Waals surface area contributed by atoms with E-state index in [9.17, 15) is 10.2 Å². The first kappa shape index (κ1) is 21.9. The standard InChI is InChI=1S/C20H42O2/c1-3-4-5-6-7-8-9-10-11-12-13-14-15-16-17-18-20(22)19(2)21/h19-22H,3-18H2,1-2H3. The summed E-state index contributed by atoms with van der Waals surface area (Å²) >= 11 is 0. The van der Waals surface area contributed by atoms with Crippen molar-refractivity contribution in [3.05, 3.63) is 0 Å². The molecule has 0 saturated heterocycles. The summed E-state index contributed by atoms with van der Waals surface area (Å²) in [5.41, 5.74) is 0. The van der Waals surface area contributed by atoms with Gasteiger partial charge in [0, 0.05) is 0 Å². The molecular weight excluding hydrogens is 272 g/mol. The van der Waals surface area contributed by atoms with Crippen molar-refractivity contribution in [3.8, 4) is 0 Å². The molecule has 0 aromatic heterocycles. The van der Waals surface area contributed by atoms with E-state index in [-0.39, 0.29) is 0 Å². The van der Waals surface area contributed by atoms with E-state index in [4.69, 9.17) is 0 Å². The first-order chi connectivity index (χ1) is 10.7. The smallest absolute Gasteiger partial charge is 0.0796 e. The van der Waals surface area contributed by atoms with Crippen LogP contribution in [0.4, 0.5) is 0 Å². The van der Waals surface area contributed by atoms with Gasteiger partial charge in [0.2, 0.25) is 0 Å². The van der Waals surface area contributed by atoms with Crippen LogP contribution in [0, 0.1) is 0 Å². The molecule has 0 fully saturated rings. The van der Waals surface area contributed by atoms with Gasteiger partial charge in [-0.15, -0.1) is 0 Å². The summed E-state index contributed by atoms with van der Waals surface area (Å²) in [5, 5.41) is 18.7. The van der Waals surface area contributed by atoms with Crippen LogP contribution in [0.2, 0.25) is 0 Å². The van der Waals surface area contributed by atoms with E-state index in [1.807, 2.05) is 0 Å². The van der Waals surface area contributed by atoms with Gasteiger partial charge in [-0.2, -0.15) is 0 Å². The minimum Gasteiger partial charge on any atom is -0.391 e. The molecule has 2 nitrogen and oxygen atoms in total. The first-order valence-electron chi connectivity index (χ1n) is 10.0. The van der Waals surface area contributed by atoms with Crippen molar-refractivity contribution >= 4 is 0 Å². The molecule has 134 valence electrons. The van der Waals surface area contributed by atoms with E-state index >= 15 is 0 Å². The molecule has 2 unspecified atom stereocenters. The molecule has 0 aliphatic rings. The highest BCUT2D eigenvalue weighted by Crippen LogP contribution is 2.14. The summed E-state index contributed by atoms with van der Waals surface area (Å²) in [6, 6.07) is 0. The molecule has 0 aliphatic carbocycles. The second-order valence-electron chi connectivity index (χ2n) is 7.05. The van der Waals surface area contributed by atoms with E-state index in [0.29, 0.717) is 0 Å². The second-order valence-corrected chi connectivity index (χ2v) is 7.05. The molecule has 22 heavy (non-hydrogen) atoms. The van der Waals surface area contributed by atoms with Gasteiger partial charge in [-0.25, -0.2) is 0 Å². The van der Waals surface area contributed by atoms with Crippen LogP contribution in [0.3, 0.4) is 0 Å². The summed E-state index contributed by atoms with van der Waals surface area (Å²) < 4.78 is 0. The maximum absolute atomic E-state index is 9.48. The molecule has 0 saturated carbocycles. The fourth-order valence-electron chi connectivity index (χ4n) is 2.97. The Morgan fingerprint density at radius 3 is 1.18 bits per heavy atom. The summed E-state index contributed by atoms with van der Waals surface area (Å²) in [5.74, 6) is 0. The molecule has 0 aliphatic heterocycles. The van der Waals surface area contributed by atoms with Crippen molar-refractivity contribution in [1.29, 1.82) is 0 Å². The van der Waals surface area contributed by atoms with Crippen molar-refractivity contribution in [3.63, 3.8) is 0 Å². The third kappa shape index (κ3) is 16.3. The number of rotatable bonds is 17. The Morgan fingerprint density at radius 2 is 0.864 bits per heavy atom. The first-order valence-corrected chi connectivity index (χ1v) is 10.0. The van der Waals surface area contributed by atoms with Crippen molar-refractivity contribution in [2.75, 3.05) is 0 Å². The van der Waals surface area contributed by atoms with Crippen molar-refractivity contribution < 1.29 is 10.2 Å². The lowest BCUT2D eigenvalue weighted by Crippen LogP contribution is -2.21. The predicted molar refractivity (Wildman–Crippen MR) is 97.2 cm³/mol. The number of aliphatic hydroxyl groups excluding tert-OH is 2. The van der Waals surface area contributed by atoms with Gasteiger partial charge >= 0.3 is 0 Å². The highest BCUT2D eigenvalue weighted by Gasteiger charge is 2.09.